The van der Waals surface area contributed by atoms with Crippen LogP contribution in [0.4, 0.5) is 5.69 Å². The number of amides is 3. The number of carbonyl (C=O) groups excluding carboxylic acids is 5. The molecule has 2 heterocycles. The molecular formula is C35H35Cl2N3O8. The summed E-state index contributed by atoms with van der Waals surface area (Å²) in [6.45, 7) is 1.22. The molecule has 1 saturated heterocycles. The van der Waals surface area contributed by atoms with E-state index in [0.717, 1.165) is 11.1 Å². The first-order valence-corrected chi connectivity index (χ1v) is 16.3. The van der Waals surface area contributed by atoms with Crippen LogP contribution in [0.15, 0.2) is 66.7 Å². The van der Waals surface area contributed by atoms with Gasteiger partial charge in [0.15, 0.2) is 5.75 Å². The highest BCUT2D eigenvalue weighted by Gasteiger charge is 2.38. The van der Waals surface area contributed by atoms with Gasteiger partial charge in [0.25, 0.3) is 5.91 Å². The van der Waals surface area contributed by atoms with Gasteiger partial charge in [0, 0.05) is 17.2 Å². The van der Waals surface area contributed by atoms with Gasteiger partial charge >= 0.3 is 5.97 Å². The Bertz CT molecular complexity index is 1680. The van der Waals surface area contributed by atoms with Gasteiger partial charge in [-0.1, -0.05) is 71.7 Å². The number of ketones is 1. The van der Waals surface area contributed by atoms with Gasteiger partial charge in [-0.25, -0.2) is 0 Å². The number of benzene rings is 3. The van der Waals surface area contributed by atoms with E-state index >= 15 is 0 Å². The van der Waals surface area contributed by atoms with Crippen LogP contribution in [0.25, 0.3) is 0 Å². The summed E-state index contributed by atoms with van der Waals surface area (Å²) in [6, 6.07) is 16.9. The lowest BCUT2D eigenvalue weighted by atomic mass is 9.88. The lowest BCUT2D eigenvalue weighted by Crippen LogP contribution is -2.53. The molecular weight excluding hydrogens is 661 g/mol. The molecule has 0 saturated carbocycles. The van der Waals surface area contributed by atoms with Crippen LogP contribution < -0.4 is 15.5 Å². The third-order valence-electron chi connectivity index (χ3n) is 8.44. The van der Waals surface area contributed by atoms with E-state index in [0.29, 0.717) is 24.9 Å². The Hall–Kier alpha value is -4.45. The van der Waals surface area contributed by atoms with Crippen molar-refractivity contribution in [2.24, 2.45) is 5.92 Å². The minimum Gasteiger partial charge on any atom is -0.505 e. The number of aryl methyl sites for hydroxylation is 1. The van der Waals surface area contributed by atoms with Gasteiger partial charge in [0.2, 0.25) is 18.1 Å². The summed E-state index contributed by atoms with van der Waals surface area (Å²) in [5, 5.41) is 15.2. The lowest BCUT2D eigenvalue weighted by molar-refractivity contribution is -0.168. The zero-order valence-corrected chi connectivity index (χ0v) is 27.6. The van der Waals surface area contributed by atoms with Crippen molar-refractivity contribution in [2.75, 3.05) is 11.4 Å². The molecule has 0 radical (unpaired) electrons. The van der Waals surface area contributed by atoms with E-state index in [-0.39, 0.29) is 52.5 Å². The molecule has 3 N–H and O–H groups in total. The second kappa shape index (κ2) is 15.6. The number of phenols is 1. The minimum absolute atomic E-state index is 0.00736. The normalized spacial score (nSPS) is 21.2. The number of halogens is 2. The molecule has 11 nitrogen and oxygen atoms in total. The van der Waals surface area contributed by atoms with Crippen molar-refractivity contribution in [1.29, 1.82) is 0 Å². The predicted molar refractivity (Wildman–Crippen MR) is 178 cm³/mol. The molecule has 4 atom stereocenters. The fraction of sp³-hybridized carbons (Fsp3) is 0.343. The first kappa shape index (κ1) is 34.9. The Labute approximate surface area is 287 Å². The van der Waals surface area contributed by atoms with E-state index in [1.807, 2.05) is 42.5 Å². The molecule has 252 valence electrons. The van der Waals surface area contributed by atoms with Crippen LogP contribution in [0, 0.1) is 5.92 Å². The number of esters is 1. The van der Waals surface area contributed by atoms with Gasteiger partial charge in [0.1, 0.15) is 24.4 Å². The molecule has 48 heavy (non-hydrogen) atoms. The fourth-order valence-electron chi connectivity index (χ4n) is 5.85. The number of hydrogen-bond donors (Lipinski definition) is 3. The molecule has 1 fully saturated rings. The molecule has 2 aliphatic heterocycles. The maximum Gasteiger partial charge on any atom is 0.310 e. The summed E-state index contributed by atoms with van der Waals surface area (Å²) < 4.78 is 11.1. The molecule has 0 aromatic heterocycles. The Morgan fingerprint density at radius 2 is 1.65 bits per heavy atom. The number of carbonyl (C=O) groups is 5. The Morgan fingerprint density at radius 1 is 0.958 bits per heavy atom. The largest absolute Gasteiger partial charge is 0.505 e. The zero-order chi connectivity index (χ0) is 34.4. The van der Waals surface area contributed by atoms with Crippen molar-refractivity contribution in [2.45, 2.75) is 64.0 Å². The van der Waals surface area contributed by atoms with Gasteiger partial charge in [-0.3, -0.25) is 24.0 Å². The standard InChI is InChI=1S/C35H35Cl2N3O8/c1-20(41)22-11-12-23-9-5-6-10-29(23)40(34(46)27(14-13-22)39-33(45)24-15-25(36)32(44)26(37)16-24)18-30(42)38-28-17-31(43)48-35(28)47-19-21-7-3-2-4-8-21/h2-10,15-16,22,27-28,35,44H,11-14,17-19H2,1H3,(H,38,42)(H,39,45)/t22?,27-,28-,35?/m0/s1. The molecule has 5 rings (SSSR count). The topological polar surface area (TPSA) is 151 Å². The monoisotopic (exact) mass is 695 g/mol. The number of fused-ring (bicyclic) bond motifs is 1. The third-order valence-corrected chi connectivity index (χ3v) is 9.02. The van der Waals surface area contributed by atoms with Gasteiger partial charge in [0.05, 0.1) is 23.1 Å². The van der Waals surface area contributed by atoms with Crippen LogP contribution in [0.2, 0.25) is 10.0 Å². The number of phenolic OH excluding ortho intramolecular Hbond substituents is 1. The first-order valence-electron chi connectivity index (χ1n) is 15.5. The molecule has 0 bridgehead atoms. The third kappa shape index (κ3) is 8.52. The van der Waals surface area contributed by atoms with Crippen molar-refractivity contribution < 1.29 is 38.6 Å². The van der Waals surface area contributed by atoms with Crippen molar-refractivity contribution in [3.63, 3.8) is 0 Å². The Morgan fingerprint density at radius 3 is 2.35 bits per heavy atom. The number of cyclic esters (lactones) is 1. The number of Topliss-reactive ketones (excluding diaryl/α,β-unsaturated/α-hetero) is 1. The summed E-state index contributed by atoms with van der Waals surface area (Å²) in [5.41, 5.74) is 2.06. The van der Waals surface area contributed by atoms with Crippen LogP contribution in [-0.2, 0) is 41.7 Å². The maximum absolute atomic E-state index is 14.4. The molecule has 3 aromatic rings. The van der Waals surface area contributed by atoms with E-state index in [9.17, 15) is 29.1 Å². The molecule has 0 aliphatic carbocycles. The van der Waals surface area contributed by atoms with Crippen molar-refractivity contribution in [1.82, 2.24) is 10.6 Å². The zero-order valence-electron chi connectivity index (χ0n) is 26.1. The summed E-state index contributed by atoms with van der Waals surface area (Å²) in [4.78, 5) is 67.4. The first-order chi connectivity index (χ1) is 23.0. The highest BCUT2D eigenvalue weighted by Crippen LogP contribution is 2.33. The van der Waals surface area contributed by atoms with Crippen LogP contribution in [0.3, 0.4) is 0 Å². The van der Waals surface area contributed by atoms with E-state index < -0.39 is 48.6 Å². The van der Waals surface area contributed by atoms with E-state index in [1.165, 1.54) is 24.0 Å². The molecule has 0 spiro atoms. The molecule has 3 aromatic carbocycles. The summed E-state index contributed by atoms with van der Waals surface area (Å²) in [7, 11) is 0. The van der Waals surface area contributed by atoms with Crippen molar-refractivity contribution in [3.8, 4) is 5.75 Å². The number of nitrogens with one attached hydrogen (secondary N) is 2. The highest BCUT2D eigenvalue weighted by molar-refractivity contribution is 6.37. The number of ether oxygens (including phenoxy) is 2. The fourth-order valence-corrected chi connectivity index (χ4v) is 6.34. The van der Waals surface area contributed by atoms with Crippen molar-refractivity contribution in [3.05, 3.63) is 93.5 Å². The number of para-hydroxylation sites is 1. The minimum atomic E-state index is -1.15. The van der Waals surface area contributed by atoms with Crippen LogP contribution in [0.1, 0.15) is 54.1 Å². The van der Waals surface area contributed by atoms with E-state index in [1.54, 1.807) is 12.1 Å². The van der Waals surface area contributed by atoms with E-state index in [2.05, 4.69) is 10.6 Å². The molecule has 2 aliphatic rings. The van der Waals surface area contributed by atoms with Gasteiger partial charge in [-0.15, -0.1) is 0 Å². The predicted octanol–water partition coefficient (Wildman–Crippen LogP) is 4.74. The Balaban J connectivity index is 1.40. The number of rotatable bonds is 9. The number of nitrogens with zero attached hydrogens (tertiary/aromatic N) is 1. The van der Waals surface area contributed by atoms with Gasteiger partial charge in [-0.2, -0.15) is 0 Å². The number of anilines is 1. The smallest absolute Gasteiger partial charge is 0.310 e. The van der Waals surface area contributed by atoms with Crippen LogP contribution in [-0.4, -0.2) is 59.5 Å². The SMILES string of the molecule is CC(=O)C1CCc2ccccc2N(CC(=O)N[C@H]2CC(=O)OC2OCc2ccccc2)C(=O)[C@@H](NC(=O)c2cc(Cl)c(O)c(Cl)c2)CC1. The molecule has 2 unspecified atom stereocenters. The van der Waals surface area contributed by atoms with Crippen LogP contribution in [0.5, 0.6) is 5.75 Å². The van der Waals surface area contributed by atoms with Crippen molar-refractivity contribution >= 4 is 58.4 Å². The summed E-state index contributed by atoms with van der Waals surface area (Å²) in [6.07, 6.45) is 0.268. The van der Waals surface area contributed by atoms with Crippen LogP contribution >= 0.6 is 23.2 Å². The second-order valence-corrected chi connectivity index (χ2v) is 12.6. The molecule has 3 amide bonds. The summed E-state index contributed by atoms with van der Waals surface area (Å²) in [5.74, 6) is -3.15. The van der Waals surface area contributed by atoms with E-state index in [4.69, 9.17) is 32.7 Å². The molecule has 13 heteroatoms. The highest BCUT2D eigenvalue weighted by atomic mass is 35.5. The maximum atomic E-state index is 14.4. The van der Waals surface area contributed by atoms with Gasteiger partial charge < -0.3 is 30.1 Å². The number of aromatic hydroxyl groups is 1. The lowest BCUT2D eigenvalue weighted by Gasteiger charge is -2.32. The average molecular weight is 697 g/mol. The second-order valence-electron chi connectivity index (χ2n) is 11.8. The summed E-state index contributed by atoms with van der Waals surface area (Å²) >= 11 is 12.1. The number of hydrogen-bond acceptors (Lipinski definition) is 8. The quantitative estimate of drug-likeness (QED) is 0.272. The van der Waals surface area contributed by atoms with Gasteiger partial charge in [-0.05, 0) is 61.9 Å². The Kier molecular flexibility index (Phi) is 11.4. The average Bonchev–Trinajstić information content (AvgIpc) is 3.42.